The number of hydrogen-bond donors (Lipinski definition) is 3. The molecular formula is C25H34O8. The van der Waals surface area contributed by atoms with E-state index in [9.17, 15) is 29.4 Å². The summed E-state index contributed by atoms with van der Waals surface area (Å²) in [4.78, 5) is 47.5. The molecule has 8 heteroatoms. The smallest absolute Gasteiger partial charge is 0.306 e. The lowest BCUT2D eigenvalue weighted by Crippen LogP contribution is -2.62. The minimum absolute atomic E-state index is 0.0185. The Balaban J connectivity index is 1.53. The Morgan fingerprint density at radius 1 is 1.12 bits per heavy atom. The Kier molecular flexibility index (Phi) is 6.06. The minimum atomic E-state index is -1.71. The molecule has 3 N–H and O–H groups in total. The van der Waals surface area contributed by atoms with Crippen LogP contribution in [-0.2, 0) is 23.9 Å². The number of hydrogen-bond acceptors (Lipinski definition) is 7. The number of ketones is 2. The Bertz CT molecular complexity index is 908. The number of carbonyl (C=O) groups is 4. The van der Waals surface area contributed by atoms with E-state index in [1.807, 2.05) is 6.92 Å². The number of aliphatic hydroxyl groups is 2. The second-order valence-corrected chi connectivity index (χ2v) is 11.0. The van der Waals surface area contributed by atoms with Crippen LogP contribution < -0.4 is 0 Å². The summed E-state index contributed by atoms with van der Waals surface area (Å²) >= 11 is 0. The fourth-order valence-electron chi connectivity index (χ4n) is 7.70. The van der Waals surface area contributed by atoms with Crippen LogP contribution in [0.5, 0.6) is 0 Å². The van der Waals surface area contributed by atoms with Gasteiger partial charge in [0.2, 0.25) is 5.78 Å². The molecule has 4 rings (SSSR count). The maximum atomic E-state index is 13.1. The highest BCUT2D eigenvalue weighted by Crippen LogP contribution is 2.67. The van der Waals surface area contributed by atoms with Gasteiger partial charge in [-0.05, 0) is 67.8 Å². The third-order valence-corrected chi connectivity index (χ3v) is 9.42. The van der Waals surface area contributed by atoms with E-state index < -0.39 is 41.4 Å². The largest absolute Gasteiger partial charge is 0.481 e. The summed E-state index contributed by atoms with van der Waals surface area (Å²) in [5.41, 5.74) is -1.68. The molecule has 0 aromatic carbocycles. The quantitative estimate of drug-likeness (QED) is 0.511. The highest BCUT2D eigenvalue weighted by molar-refractivity contribution is 5.92. The molecule has 3 fully saturated rings. The lowest BCUT2D eigenvalue weighted by Gasteiger charge is -2.60. The molecule has 0 heterocycles. The molecule has 182 valence electrons. The van der Waals surface area contributed by atoms with Crippen molar-refractivity contribution in [2.45, 2.75) is 83.3 Å². The average Bonchev–Trinajstić information content (AvgIpc) is 3.02. The number of allylic oxidation sites excluding steroid dienone is 1. The fraction of sp³-hybridized carbons (Fsp3) is 0.760. The highest BCUT2D eigenvalue weighted by atomic mass is 16.5. The number of esters is 1. The van der Waals surface area contributed by atoms with Gasteiger partial charge < -0.3 is 20.1 Å². The SMILES string of the molecule is C[C@]12CCC(=O)C=C1CC[C@@H]1[C@H]2[C@@H](O)C[C@@]2(C)[C@@H]1CC[C@]2(O)C(=O)COC(=O)CCC(=O)O. The van der Waals surface area contributed by atoms with E-state index in [0.29, 0.717) is 12.8 Å². The molecule has 0 saturated heterocycles. The van der Waals surface area contributed by atoms with Crippen molar-refractivity contribution in [1.82, 2.24) is 0 Å². The number of aliphatic carboxylic acids is 1. The third kappa shape index (κ3) is 3.75. The molecule has 8 nitrogen and oxygen atoms in total. The van der Waals surface area contributed by atoms with Crippen LogP contribution >= 0.6 is 0 Å². The van der Waals surface area contributed by atoms with Crippen LogP contribution in [0.1, 0.15) is 71.6 Å². The Hall–Kier alpha value is -2.06. The number of Topliss-reactive ketones (excluding diaryl/α,β-unsaturated/α-hetero) is 1. The molecule has 0 aromatic heterocycles. The maximum Gasteiger partial charge on any atom is 0.306 e. The Morgan fingerprint density at radius 3 is 2.55 bits per heavy atom. The molecule has 7 atom stereocenters. The topological polar surface area (TPSA) is 138 Å². The number of rotatable bonds is 6. The van der Waals surface area contributed by atoms with Gasteiger partial charge in [-0.1, -0.05) is 19.4 Å². The predicted molar refractivity (Wildman–Crippen MR) is 116 cm³/mol. The van der Waals surface area contributed by atoms with Crippen LogP contribution in [0.2, 0.25) is 0 Å². The van der Waals surface area contributed by atoms with Crippen molar-refractivity contribution < 1.29 is 39.2 Å². The zero-order valence-corrected chi connectivity index (χ0v) is 19.3. The van der Waals surface area contributed by atoms with Gasteiger partial charge in [0.15, 0.2) is 12.4 Å². The van der Waals surface area contributed by atoms with Gasteiger partial charge in [0.05, 0.1) is 18.9 Å². The number of aliphatic hydroxyl groups excluding tert-OH is 1. The molecule has 0 amide bonds. The van der Waals surface area contributed by atoms with Gasteiger partial charge in [-0.15, -0.1) is 0 Å². The summed E-state index contributed by atoms with van der Waals surface area (Å²) in [6.07, 6.45) is 4.30. The molecule has 0 bridgehead atoms. The first-order valence-electron chi connectivity index (χ1n) is 12.0. The first-order valence-corrected chi connectivity index (χ1v) is 12.0. The summed E-state index contributed by atoms with van der Waals surface area (Å²) in [6.45, 7) is 3.41. The van der Waals surface area contributed by atoms with Crippen LogP contribution in [0.3, 0.4) is 0 Å². The molecule has 0 spiro atoms. The fourth-order valence-corrected chi connectivity index (χ4v) is 7.70. The number of ether oxygens (including phenoxy) is 1. The van der Waals surface area contributed by atoms with E-state index in [2.05, 4.69) is 6.92 Å². The van der Waals surface area contributed by atoms with Gasteiger partial charge in [0.1, 0.15) is 5.60 Å². The molecule has 33 heavy (non-hydrogen) atoms. The zero-order valence-electron chi connectivity index (χ0n) is 19.3. The molecule has 0 aromatic rings. The minimum Gasteiger partial charge on any atom is -0.481 e. The molecule has 3 saturated carbocycles. The van der Waals surface area contributed by atoms with Crippen molar-refractivity contribution >= 4 is 23.5 Å². The van der Waals surface area contributed by atoms with E-state index in [0.717, 1.165) is 24.8 Å². The van der Waals surface area contributed by atoms with Crippen LogP contribution in [0.4, 0.5) is 0 Å². The summed E-state index contributed by atoms with van der Waals surface area (Å²) in [6, 6.07) is 0. The van der Waals surface area contributed by atoms with Gasteiger partial charge in [0, 0.05) is 11.8 Å². The van der Waals surface area contributed by atoms with Gasteiger partial charge in [-0.2, -0.15) is 0 Å². The van der Waals surface area contributed by atoms with Crippen LogP contribution in [0.15, 0.2) is 11.6 Å². The standard InChI is InChI=1S/C25H34O8/c1-23-9-7-15(26)11-14(23)3-4-16-17-8-10-25(32,24(17,2)12-18(27)22(16)23)19(28)13-33-21(31)6-5-20(29)30/h11,16-18,22,27,32H,3-10,12-13H2,1-2H3,(H,29,30)/t16-,17+,18-,22-,23-,24-,25-/m0/s1. The van der Waals surface area contributed by atoms with Gasteiger partial charge in [-0.3, -0.25) is 19.2 Å². The zero-order chi connectivity index (χ0) is 24.2. The number of carboxylic acid groups (broad SMARTS) is 1. The van der Waals surface area contributed by atoms with E-state index in [4.69, 9.17) is 9.84 Å². The van der Waals surface area contributed by atoms with E-state index in [1.165, 1.54) is 0 Å². The van der Waals surface area contributed by atoms with Crippen LogP contribution in [0, 0.1) is 28.6 Å². The number of carboxylic acids is 1. The highest BCUT2D eigenvalue weighted by Gasteiger charge is 2.68. The van der Waals surface area contributed by atoms with E-state index in [-0.39, 0.29) is 54.6 Å². The number of fused-ring (bicyclic) bond motifs is 5. The third-order valence-electron chi connectivity index (χ3n) is 9.42. The summed E-state index contributed by atoms with van der Waals surface area (Å²) in [5, 5.41) is 31.6. The van der Waals surface area contributed by atoms with Crippen molar-refractivity contribution in [1.29, 1.82) is 0 Å². The first-order chi connectivity index (χ1) is 15.4. The second kappa shape index (κ2) is 8.31. The van der Waals surface area contributed by atoms with E-state index >= 15 is 0 Å². The summed E-state index contributed by atoms with van der Waals surface area (Å²) < 4.78 is 4.97. The van der Waals surface area contributed by atoms with Crippen LogP contribution in [-0.4, -0.2) is 57.1 Å². The normalized spacial score (nSPS) is 41.9. The summed E-state index contributed by atoms with van der Waals surface area (Å²) in [5.74, 6) is -2.20. The Labute approximate surface area is 193 Å². The lowest BCUT2D eigenvalue weighted by molar-refractivity contribution is -0.184. The lowest BCUT2D eigenvalue weighted by atomic mass is 9.45. The van der Waals surface area contributed by atoms with Crippen LogP contribution in [0.25, 0.3) is 0 Å². The van der Waals surface area contributed by atoms with Crippen molar-refractivity contribution in [3.63, 3.8) is 0 Å². The number of carbonyl (C=O) groups excluding carboxylic acids is 3. The molecule has 4 aliphatic rings. The van der Waals surface area contributed by atoms with Crippen molar-refractivity contribution in [2.24, 2.45) is 28.6 Å². The maximum absolute atomic E-state index is 13.1. The van der Waals surface area contributed by atoms with Gasteiger partial charge in [-0.25, -0.2) is 0 Å². The summed E-state index contributed by atoms with van der Waals surface area (Å²) in [7, 11) is 0. The van der Waals surface area contributed by atoms with Crippen molar-refractivity contribution in [2.75, 3.05) is 6.61 Å². The molecular weight excluding hydrogens is 428 g/mol. The van der Waals surface area contributed by atoms with Crippen molar-refractivity contribution in [3.05, 3.63) is 11.6 Å². The second-order valence-electron chi connectivity index (χ2n) is 11.0. The van der Waals surface area contributed by atoms with E-state index in [1.54, 1.807) is 6.08 Å². The molecule has 4 aliphatic carbocycles. The monoisotopic (exact) mass is 462 g/mol. The Morgan fingerprint density at radius 2 is 1.85 bits per heavy atom. The molecule has 0 unspecified atom stereocenters. The van der Waals surface area contributed by atoms with Gasteiger partial charge in [0.25, 0.3) is 0 Å². The first kappa shape index (κ1) is 24.1. The van der Waals surface area contributed by atoms with Crippen molar-refractivity contribution in [3.8, 4) is 0 Å². The molecule has 0 radical (unpaired) electrons. The predicted octanol–water partition coefficient (Wildman–Crippen LogP) is 2.20. The molecule has 0 aliphatic heterocycles. The average molecular weight is 463 g/mol. The van der Waals surface area contributed by atoms with Gasteiger partial charge >= 0.3 is 11.9 Å².